The van der Waals surface area contributed by atoms with Crippen molar-refractivity contribution in [2.75, 3.05) is 13.2 Å². The topological polar surface area (TPSA) is 153 Å². The minimum atomic E-state index is -1.38. The molecule has 1 amide bonds. The summed E-state index contributed by atoms with van der Waals surface area (Å²) < 4.78 is 31.4. The number of alkyl carbamates (subject to hydrolysis) is 1. The van der Waals surface area contributed by atoms with E-state index >= 15 is 0 Å². The van der Waals surface area contributed by atoms with Crippen LogP contribution >= 0.6 is 0 Å². The standard InChI is InChI=1S/C19H29NO11/c1-6-7-8-26-19(25)20-18-17(30-13(5)24)16(29-12(4)23)15(28-11(3)22)14(31-18)9-27-10(2)21/h14-18H,6-9H2,1-5H3,(H,20,25)/t14-,15+,16+,17-,18-/m1/s1. The van der Waals surface area contributed by atoms with Gasteiger partial charge in [-0.15, -0.1) is 0 Å². The van der Waals surface area contributed by atoms with Crippen LogP contribution in [0.5, 0.6) is 0 Å². The zero-order valence-corrected chi connectivity index (χ0v) is 18.2. The van der Waals surface area contributed by atoms with Crippen LogP contribution < -0.4 is 5.32 Å². The SMILES string of the molecule is CCCCOC(=O)N[C@@H]1O[C@H](COC(C)=O)[C@H](OC(C)=O)[C@H](OC(C)=O)[C@H]1OC(C)=O. The van der Waals surface area contributed by atoms with Gasteiger partial charge < -0.3 is 28.4 Å². The maximum atomic E-state index is 12.1. The number of rotatable bonds is 9. The third-order valence-electron chi connectivity index (χ3n) is 3.98. The van der Waals surface area contributed by atoms with Crippen LogP contribution in [-0.2, 0) is 47.6 Å². The minimum Gasteiger partial charge on any atom is -0.463 e. The first-order valence-electron chi connectivity index (χ1n) is 9.78. The van der Waals surface area contributed by atoms with Gasteiger partial charge in [0.2, 0.25) is 0 Å². The summed E-state index contributed by atoms with van der Waals surface area (Å²) in [4.78, 5) is 58.4. The minimum absolute atomic E-state index is 0.146. The number of ether oxygens (including phenoxy) is 6. The predicted octanol–water partition coefficient (Wildman–Crippen LogP) is 0.596. The highest BCUT2D eigenvalue weighted by Crippen LogP contribution is 2.28. The van der Waals surface area contributed by atoms with Gasteiger partial charge in [-0.25, -0.2) is 4.79 Å². The van der Waals surface area contributed by atoms with Gasteiger partial charge >= 0.3 is 30.0 Å². The molecule has 12 heteroatoms. The summed E-state index contributed by atoms with van der Waals surface area (Å²) >= 11 is 0. The maximum Gasteiger partial charge on any atom is 0.409 e. The van der Waals surface area contributed by atoms with Crippen LogP contribution in [0.25, 0.3) is 0 Å². The molecule has 0 aromatic carbocycles. The van der Waals surface area contributed by atoms with Crippen molar-refractivity contribution in [2.45, 2.75) is 78.1 Å². The predicted molar refractivity (Wildman–Crippen MR) is 101 cm³/mol. The van der Waals surface area contributed by atoms with Crippen LogP contribution in [0.4, 0.5) is 4.79 Å². The Balaban J connectivity index is 3.23. The Labute approximate surface area is 179 Å². The van der Waals surface area contributed by atoms with E-state index in [-0.39, 0.29) is 13.2 Å². The second-order valence-corrected chi connectivity index (χ2v) is 6.75. The van der Waals surface area contributed by atoms with E-state index in [1.807, 2.05) is 6.92 Å². The molecule has 0 radical (unpaired) electrons. The molecule has 1 aliphatic heterocycles. The summed E-state index contributed by atoms with van der Waals surface area (Å²) in [5.74, 6) is -2.92. The van der Waals surface area contributed by atoms with Crippen LogP contribution in [0.1, 0.15) is 47.5 Å². The van der Waals surface area contributed by atoms with Crippen molar-refractivity contribution in [3.63, 3.8) is 0 Å². The number of nitrogens with one attached hydrogen (secondary N) is 1. The molecule has 0 aromatic heterocycles. The van der Waals surface area contributed by atoms with E-state index in [9.17, 15) is 24.0 Å². The van der Waals surface area contributed by atoms with E-state index in [1.54, 1.807) is 0 Å². The van der Waals surface area contributed by atoms with E-state index in [2.05, 4.69) is 5.32 Å². The Morgan fingerprint density at radius 1 is 0.774 bits per heavy atom. The average molecular weight is 447 g/mol. The van der Waals surface area contributed by atoms with Crippen LogP contribution in [0, 0.1) is 0 Å². The molecule has 12 nitrogen and oxygen atoms in total. The van der Waals surface area contributed by atoms with E-state index in [0.29, 0.717) is 6.42 Å². The molecule has 1 aliphatic rings. The second-order valence-electron chi connectivity index (χ2n) is 6.75. The lowest BCUT2D eigenvalue weighted by molar-refractivity contribution is -0.256. The molecule has 1 rings (SSSR count). The maximum absolute atomic E-state index is 12.1. The van der Waals surface area contributed by atoms with E-state index < -0.39 is 60.6 Å². The van der Waals surface area contributed by atoms with Gasteiger partial charge in [0.15, 0.2) is 24.5 Å². The first-order valence-corrected chi connectivity index (χ1v) is 9.78. The molecule has 0 bridgehead atoms. The van der Waals surface area contributed by atoms with Crippen molar-refractivity contribution < 1.29 is 52.4 Å². The highest BCUT2D eigenvalue weighted by atomic mass is 16.7. The highest BCUT2D eigenvalue weighted by molar-refractivity contribution is 5.70. The van der Waals surface area contributed by atoms with Crippen molar-refractivity contribution in [1.29, 1.82) is 0 Å². The molecule has 1 N–H and O–H groups in total. The van der Waals surface area contributed by atoms with Crippen molar-refractivity contribution in [3.05, 3.63) is 0 Å². The molecule has 5 atom stereocenters. The lowest BCUT2D eigenvalue weighted by Gasteiger charge is -2.44. The normalized spacial score (nSPS) is 25.0. The lowest BCUT2D eigenvalue weighted by Crippen LogP contribution is -2.66. The molecule has 0 aromatic rings. The van der Waals surface area contributed by atoms with E-state index in [4.69, 9.17) is 28.4 Å². The molecular weight excluding hydrogens is 418 g/mol. The van der Waals surface area contributed by atoms with Gasteiger partial charge in [0, 0.05) is 27.7 Å². The van der Waals surface area contributed by atoms with Crippen molar-refractivity contribution in [3.8, 4) is 0 Å². The number of unbranched alkanes of at least 4 members (excludes halogenated alkanes) is 1. The number of hydrogen-bond donors (Lipinski definition) is 1. The Bertz CT molecular complexity index is 665. The lowest BCUT2D eigenvalue weighted by atomic mass is 9.97. The zero-order chi connectivity index (χ0) is 23.6. The Morgan fingerprint density at radius 2 is 1.32 bits per heavy atom. The fraction of sp³-hybridized carbons (Fsp3) is 0.737. The third kappa shape index (κ3) is 9.20. The summed E-state index contributed by atoms with van der Waals surface area (Å²) in [5.41, 5.74) is 0. The zero-order valence-electron chi connectivity index (χ0n) is 18.2. The second kappa shape index (κ2) is 12.7. The summed E-state index contributed by atoms with van der Waals surface area (Å²) in [7, 11) is 0. The average Bonchev–Trinajstić information content (AvgIpc) is 2.64. The molecule has 176 valence electrons. The fourth-order valence-electron chi connectivity index (χ4n) is 2.81. The Hall–Kier alpha value is -2.89. The van der Waals surface area contributed by atoms with E-state index in [0.717, 1.165) is 34.1 Å². The molecule has 1 saturated heterocycles. The quantitative estimate of drug-likeness (QED) is 0.300. The Kier molecular flexibility index (Phi) is 10.7. The summed E-state index contributed by atoms with van der Waals surface area (Å²) in [6.45, 7) is 6.16. The molecule has 0 saturated carbocycles. The van der Waals surface area contributed by atoms with Crippen LogP contribution in [0.2, 0.25) is 0 Å². The molecule has 1 fully saturated rings. The molecule has 0 aliphatic carbocycles. The van der Waals surface area contributed by atoms with Gasteiger partial charge in [-0.1, -0.05) is 13.3 Å². The summed E-state index contributed by atoms with van der Waals surface area (Å²) in [5, 5.41) is 2.40. The Morgan fingerprint density at radius 3 is 1.84 bits per heavy atom. The van der Waals surface area contributed by atoms with Gasteiger partial charge in [-0.3, -0.25) is 24.5 Å². The number of esters is 4. The van der Waals surface area contributed by atoms with Gasteiger partial charge in [-0.05, 0) is 6.42 Å². The molecular formula is C19H29NO11. The smallest absolute Gasteiger partial charge is 0.409 e. The van der Waals surface area contributed by atoms with Crippen LogP contribution in [-0.4, -0.2) is 73.8 Å². The van der Waals surface area contributed by atoms with E-state index in [1.165, 1.54) is 0 Å². The first-order chi connectivity index (χ1) is 14.5. The number of carbonyl (C=O) groups excluding carboxylic acids is 5. The molecule has 31 heavy (non-hydrogen) atoms. The number of hydrogen-bond acceptors (Lipinski definition) is 11. The summed E-state index contributed by atoms with van der Waals surface area (Å²) in [6.07, 6.45) is -5.97. The monoisotopic (exact) mass is 447 g/mol. The van der Waals surface area contributed by atoms with Crippen molar-refractivity contribution >= 4 is 30.0 Å². The van der Waals surface area contributed by atoms with Crippen molar-refractivity contribution in [2.24, 2.45) is 0 Å². The van der Waals surface area contributed by atoms with Crippen LogP contribution in [0.3, 0.4) is 0 Å². The largest absolute Gasteiger partial charge is 0.463 e. The first kappa shape index (κ1) is 26.1. The molecule has 0 spiro atoms. The number of carbonyl (C=O) groups is 5. The molecule has 1 heterocycles. The van der Waals surface area contributed by atoms with Gasteiger partial charge in [-0.2, -0.15) is 0 Å². The molecule has 0 unspecified atom stereocenters. The third-order valence-corrected chi connectivity index (χ3v) is 3.98. The highest BCUT2D eigenvalue weighted by Gasteiger charge is 2.52. The fourth-order valence-corrected chi connectivity index (χ4v) is 2.81. The van der Waals surface area contributed by atoms with Gasteiger partial charge in [0.05, 0.1) is 6.61 Å². The summed E-state index contributed by atoms with van der Waals surface area (Å²) in [6, 6.07) is 0. The van der Waals surface area contributed by atoms with Crippen molar-refractivity contribution in [1.82, 2.24) is 5.32 Å². The van der Waals surface area contributed by atoms with Gasteiger partial charge in [0.25, 0.3) is 0 Å². The number of amides is 1. The van der Waals surface area contributed by atoms with Gasteiger partial charge in [0.1, 0.15) is 12.7 Å². The van der Waals surface area contributed by atoms with Crippen LogP contribution in [0.15, 0.2) is 0 Å².